The third kappa shape index (κ3) is 3.98. The van der Waals surface area contributed by atoms with E-state index in [-0.39, 0.29) is 28.7 Å². The van der Waals surface area contributed by atoms with Gasteiger partial charge < -0.3 is 4.74 Å². The molecule has 1 fully saturated rings. The number of hydrogen-bond acceptors (Lipinski definition) is 6. The molecule has 1 aliphatic heterocycles. The average molecular weight is 383 g/mol. The molecule has 0 radical (unpaired) electrons. The molecule has 0 spiro atoms. The van der Waals surface area contributed by atoms with Gasteiger partial charge in [0.25, 0.3) is 10.0 Å². The van der Waals surface area contributed by atoms with Crippen molar-refractivity contribution in [1.82, 2.24) is 9.29 Å². The Morgan fingerprint density at radius 3 is 2.36 bits per heavy atom. The van der Waals surface area contributed by atoms with Crippen LogP contribution >= 0.6 is 0 Å². The van der Waals surface area contributed by atoms with Crippen molar-refractivity contribution in [2.24, 2.45) is 0 Å². The number of nitrogens with zero attached hydrogens (tertiary/aromatic N) is 2. The largest absolute Gasteiger partial charge is 0.379 e. The lowest BCUT2D eigenvalue weighted by atomic mass is 10.4. The van der Waals surface area contributed by atoms with E-state index >= 15 is 0 Å². The fourth-order valence-corrected chi connectivity index (χ4v) is 4.94. The van der Waals surface area contributed by atoms with Gasteiger partial charge in [0.15, 0.2) is 0 Å². The molecule has 0 saturated carbocycles. The number of benzene rings is 1. The molecule has 2 heterocycles. The number of anilines is 1. The molecule has 1 saturated heterocycles. The zero-order chi connectivity index (χ0) is 17.9. The Morgan fingerprint density at radius 1 is 0.960 bits per heavy atom. The van der Waals surface area contributed by atoms with E-state index in [1.165, 1.54) is 34.8 Å². The summed E-state index contributed by atoms with van der Waals surface area (Å²) in [6.45, 7) is 1.12. The zero-order valence-electron chi connectivity index (χ0n) is 13.2. The van der Waals surface area contributed by atoms with Crippen molar-refractivity contribution in [3.8, 4) is 0 Å². The van der Waals surface area contributed by atoms with Crippen LogP contribution in [0.5, 0.6) is 0 Å². The van der Waals surface area contributed by atoms with Crippen molar-refractivity contribution in [3.63, 3.8) is 0 Å². The van der Waals surface area contributed by atoms with Gasteiger partial charge in [-0.2, -0.15) is 4.31 Å². The Labute approximate surface area is 146 Å². The molecule has 25 heavy (non-hydrogen) atoms. The topological polar surface area (TPSA) is 106 Å². The van der Waals surface area contributed by atoms with Crippen LogP contribution in [-0.2, 0) is 24.8 Å². The van der Waals surface area contributed by atoms with E-state index in [1.807, 2.05) is 0 Å². The molecule has 1 aliphatic rings. The first-order valence-corrected chi connectivity index (χ1v) is 10.4. The number of ether oxygens (including phenoxy) is 1. The smallest absolute Gasteiger partial charge is 0.263 e. The highest BCUT2D eigenvalue weighted by atomic mass is 32.2. The lowest BCUT2D eigenvalue weighted by Gasteiger charge is -2.26. The fraction of sp³-hybridized carbons (Fsp3) is 0.267. The molecule has 0 bridgehead atoms. The standard InChI is InChI=1S/C15H17N3O5S2/c19-24(20,17-15-6-1-2-7-16-15)13-4-3-5-14(12-13)25(21,22)18-8-10-23-11-9-18/h1-7,12H,8-11H2,(H,16,17). The molecule has 10 heteroatoms. The van der Waals surface area contributed by atoms with Gasteiger partial charge in [-0.15, -0.1) is 0 Å². The SMILES string of the molecule is O=S(=O)(Nc1ccccn1)c1cccc(S(=O)(=O)N2CCOCC2)c1. The van der Waals surface area contributed by atoms with E-state index in [9.17, 15) is 16.8 Å². The molecule has 2 aromatic rings. The summed E-state index contributed by atoms with van der Waals surface area (Å²) in [5.74, 6) is 0.156. The number of hydrogen-bond donors (Lipinski definition) is 1. The van der Waals surface area contributed by atoms with Crippen LogP contribution in [0.2, 0.25) is 0 Å². The highest BCUT2D eigenvalue weighted by Gasteiger charge is 2.27. The Bertz CT molecular complexity index is 940. The van der Waals surface area contributed by atoms with Gasteiger partial charge in [-0.3, -0.25) is 4.72 Å². The Morgan fingerprint density at radius 2 is 1.68 bits per heavy atom. The van der Waals surface area contributed by atoms with Crippen LogP contribution in [0.25, 0.3) is 0 Å². The van der Waals surface area contributed by atoms with E-state index < -0.39 is 20.0 Å². The van der Waals surface area contributed by atoms with Crippen LogP contribution in [0, 0.1) is 0 Å². The number of nitrogens with one attached hydrogen (secondary N) is 1. The third-order valence-corrected chi connectivity index (χ3v) is 6.87. The molecule has 1 aromatic heterocycles. The Hall–Kier alpha value is -2.01. The lowest BCUT2D eigenvalue weighted by molar-refractivity contribution is 0.0730. The number of rotatable bonds is 5. The maximum absolute atomic E-state index is 12.7. The second-order valence-electron chi connectivity index (χ2n) is 5.31. The fourth-order valence-electron chi connectivity index (χ4n) is 2.36. The van der Waals surface area contributed by atoms with Crippen molar-refractivity contribution < 1.29 is 21.6 Å². The van der Waals surface area contributed by atoms with Crippen LogP contribution in [0.3, 0.4) is 0 Å². The van der Waals surface area contributed by atoms with Gasteiger partial charge in [0.2, 0.25) is 10.0 Å². The molecule has 0 amide bonds. The monoisotopic (exact) mass is 383 g/mol. The van der Waals surface area contributed by atoms with Crippen molar-refractivity contribution in [2.45, 2.75) is 9.79 Å². The zero-order valence-corrected chi connectivity index (χ0v) is 14.8. The first-order chi connectivity index (χ1) is 11.9. The highest BCUT2D eigenvalue weighted by Crippen LogP contribution is 2.21. The van der Waals surface area contributed by atoms with Crippen molar-refractivity contribution >= 4 is 25.9 Å². The second kappa shape index (κ2) is 7.08. The maximum Gasteiger partial charge on any atom is 0.263 e. The molecule has 0 aliphatic carbocycles. The summed E-state index contributed by atoms with van der Waals surface area (Å²) < 4.78 is 59.1. The second-order valence-corrected chi connectivity index (χ2v) is 8.93. The predicted molar refractivity (Wildman–Crippen MR) is 91.1 cm³/mol. The van der Waals surface area contributed by atoms with Crippen LogP contribution in [0.15, 0.2) is 58.5 Å². The quantitative estimate of drug-likeness (QED) is 0.822. The van der Waals surface area contributed by atoms with Gasteiger partial charge in [-0.1, -0.05) is 12.1 Å². The molecule has 8 nitrogen and oxygen atoms in total. The van der Waals surface area contributed by atoms with Crippen LogP contribution in [0.1, 0.15) is 0 Å². The number of sulfonamides is 2. The van der Waals surface area contributed by atoms with E-state index in [4.69, 9.17) is 4.74 Å². The summed E-state index contributed by atoms with van der Waals surface area (Å²) in [6.07, 6.45) is 1.46. The van der Waals surface area contributed by atoms with Crippen molar-refractivity contribution in [3.05, 3.63) is 48.7 Å². The van der Waals surface area contributed by atoms with Crippen LogP contribution in [0.4, 0.5) is 5.82 Å². The Kier molecular flexibility index (Phi) is 5.04. The van der Waals surface area contributed by atoms with E-state index in [0.717, 1.165) is 6.07 Å². The summed E-state index contributed by atoms with van der Waals surface area (Å²) in [6, 6.07) is 10.1. The van der Waals surface area contributed by atoms with E-state index in [1.54, 1.807) is 12.1 Å². The summed E-state index contributed by atoms with van der Waals surface area (Å²) in [4.78, 5) is 3.69. The minimum absolute atomic E-state index is 0.0710. The Balaban J connectivity index is 1.90. The molecule has 3 rings (SSSR count). The van der Waals surface area contributed by atoms with E-state index in [0.29, 0.717) is 13.2 Å². The predicted octanol–water partition coefficient (Wildman–Crippen LogP) is 0.903. The minimum atomic E-state index is -3.95. The van der Waals surface area contributed by atoms with Crippen LogP contribution in [-0.4, -0.2) is 52.4 Å². The number of aromatic nitrogens is 1. The van der Waals surface area contributed by atoms with Gasteiger partial charge in [-0.25, -0.2) is 21.8 Å². The average Bonchev–Trinajstić information content (AvgIpc) is 2.63. The van der Waals surface area contributed by atoms with Crippen molar-refractivity contribution in [1.29, 1.82) is 0 Å². The summed E-state index contributed by atoms with van der Waals surface area (Å²) in [5, 5.41) is 0. The van der Waals surface area contributed by atoms with Gasteiger partial charge in [0.05, 0.1) is 23.0 Å². The first-order valence-electron chi connectivity index (χ1n) is 7.51. The lowest BCUT2D eigenvalue weighted by Crippen LogP contribution is -2.40. The highest BCUT2D eigenvalue weighted by molar-refractivity contribution is 7.93. The molecular weight excluding hydrogens is 366 g/mol. The summed E-state index contributed by atoms with van der Waals surface area (Å²) in [7, 11) is -7.72. The third-order valence-electron chi connectivity index (χ3n) is 3.63. The van der Waals surface area contributed by atoms with E-state index in [2.05, 4.69) is 9.71 Å². The van der Waals surface area contributed by atoms with Gasteiger partial charge in [-0.05, 0) is 30.3 Å². The molecule has 0 unspecified atom stereocenters. The number of pyridine rings is 1. The summed E-state index contributed by atoms with van der Waals surface area (Å²) >= 11 is 0. The van der Waals surface area contributed by atoms with Gasteiger partial charge in [0.1, 0.15) is 5.82 Å². The molecule has 134 valence electrons. The maximum atomic E-state index is 12.7. The van der Waals surface area contributed by atoms with Gasteiger partial charge in [0, 0.05) is 19.3 Å². The number of morpholine rings is 1. The van der Waals surface area contributed by atoms with Gasteiger partial charge >= 0.3 is 0 Å². The van der Waals surface area contributed by atoms with Crippen LogP contribution < -0.4 is 4.72 Å². The molecular formula is C15H17N3O5S2. The molecule has 1 aromatic carbocycles. The molecule has 1 N–H and O–H groups in total. The first kappa shape index (κ1) is 17.8. The molecule has 0 atom stereocenters. The normalized spacial score (nSPS) is 16.5. The minimum Gasteiger partial charge on any atom is -0.379 e. The van der Waals surface area contributed by atoms with Crippen molar-refractivity contribution in [2.75, 3.05) is 31.0 Å². The summed E-state index contributed by atoms with van der Waals surface area (Å²) in [5.41, 5.74) is 0.